The van der Waals surface area contributed by atoms with Gasteiger partial charge in [0.15, 0.2) is 5.65 Å². The molecule has 0 bridgehead atoms. The summed E-state index contributed by atoms with van der Waals surface area (Å²) < 4.78 is 3.07. The summed E-state index contributed by atoms with van der Waals surface area (Å²) in [6, 6.07) is 10.4. The lowest BCUT2D eigenvalue weighted by atomic mass is 10.1. The Hall–Kier alpha value is -2.80. The normalized spacial score (nSPS) is 17.1. The molecule has 0 spiro atoms. The third kappa shape index (κ3) is 3.00. The van der Waals surface area contributed by atoms with Crippen molar-refractivity contribution in [3.8, 4) is 0 Å². The third-order valence-corrected chi connectivity index (χ3v) is 6.73. The zero-order chi connectivity index (χ0) is 20.1. The predicted molar refractivity (Wildman–Crippen MR) is 115 cm³/mol. The number of nitrogens with zero attached hydrogens (tertiary/aromatic N) is 5. The van der Waals surface area contributed by atoms with Gasteiger partial charge < -0.3 is 4.90 Å². The van der Waals surface area contributed by atoms with E-state index in [0.29, 0.717) is 5.56 Å². The second kappa shape index (κ2) is 6.91. The molecular weight excluding hydrogens is 382 g/mol. The number of thiazole rings is 1. The molecule has 1 aromatic carbocycles. The third-order valence-electron chi connectivity index (χ3n) is 5.59. The van der Waals surface area contributed by atoms with Gasteiger partial charge in [-0.15, -0.1) is 11.3 Å². The molecule has 0 aliphatic carbocycles. The van der Waals surface area contributed by atoms with Gasteiger partial charge in [-0.3, -0.25) is 4.79 Å². The summed E-state index contributed by atoms with van der Waals surface area (Å²) in [4.78, 5) is 25.0. The van der Waals surface area contributed by atoms with Crippen molar-refractivity contribution in [3.63, 3.8) is 0 Å². The Balaban J connectivity index is 1.51. The standard InChI is InChI=1S/C22H23N5OS/c1-13(2)27-20-15(12-23-27)11-16(14(3)24-20)22(28)26-10-6-8-18(26)21-25-17-7-4-5-9-19(17)29-21/h4-5,7,9,11-13,18H,6,8,10H2,1-3H3. The van der Waals surface area contributed by atoms with E-state index < -0.39 is 0 Å². The number of likely N-dealkylation sites (tertiary alicyclic amines) is 1. The topological polar surface area (TPSA) is 63.9 Å². The number of rotatable bonds is 3. The molecule has 1 saturated heterocycles. The summed E-state index contributed by atoms with van der Waals surface area (Å²) in [5, 5.41) is 6.37. The molecule has 29 heavy (non-hydrogen) atoms. The van der Waals surface area contributed by atoms with Gasteiger partial charge in [0.1, 0.15) is 5.01 Å². The molecule has 4 aromatic rings. The number of hydrogen-bond donors (Lipinski definition) is 0. The van der Waals surface area contributed by atoms with Gasteiger partial charge in [0.05, 0.1) is 33.7 Å². The van der Waals surface area contributed by atoms with E-state index in [0.717, 1.165) is 46.6 Å². The molecule has 1 atom stereocenters. The van der Waals surface area contributed by atoms with Crippen LogP contribution in [0.5, 0.6) is 0 Å². The first kappa shape index (κ1) is 18.2. The Morgan fingerprint density at radius 1 is 1.24 bits per heavy atom. The van der Waals surface area contributed by atoms with Crippen molar-refractivity contribution < 1.29 is 4.79 Å². The van der Waals surface area contributed by atoms with Crippen molar-refractivity contribution >= 4 is 38.5 Å². The zero-order valence-electron chi connectivity index (χ0n) is 16.8. The highest BCUT2D eigenvalue weighted by atomic mass is 32.1. The molecule has 3 aromatic heterocycles. The number of amides is 1. The number of carbonyl (C=O) groups excluding carboxylic acids is 1. The number of para-hydroxylation sites is 1. The van der Waals surface area contributed by atoms with Crippen LogP contribution in [0.15, 0.2) is 36.5 Å². The summed E-state index contributed by atoms with van der Waals surface area (Å²) in [5.41, 5.74) is 3.25. The Labute approximate surface area is 173 Å². The van der Waals surface area contributed by atoms with Gasteiger partial charge in [0.2, 0.25) is 0 Å². The quantitative estimate of drug-likeness (QED) is 0.486. The maximum Gasteiger partial charge on any atom is 0.256 e. The van der Waals surface area contributed by atoms with Gasteiger partial charge >= 0.3 is 0 Å². The lowest BCUT2D eigenvalue weighted by molar-refractivity contribution is 0.0734. The van der Waals surface area contributed by atoms with Gasteiger partial charge in [0.25, 0.3) is 5.91 Å². The van der Waals surface area contributed by atoms with Crippen molar-refractivity contribution in [3.05, 3.63) is 52.8 Å². The van der Waals surface area contributed by atoms with Crippen LogP contribution in [-0.4, -0.2) is 37.1 Å². The monoisotopic (exact) mass is 405 g/mol. The Morgan fingerprint density at radius 3 is 2.86 bits per heavy atom. The number of carbonyl (C=O) groups is 1. The highest BCUT2D eigenvalue weighted by molar-refractivity contribution is 7.18. The smallest absolute Gasteiger partial charge is 0.256 e. The van der Waals surface area contributed by atoms with Gasteiger partial charge in [-0.05, 0) is 51.8 Å². The van der Waals surface area contributed by atoms with Crippen LogP contribution in [0.2, 0.25) is 0 Å². The highest BCUT2D eigenvalue weighted by Gasteiger charge is 2.33. The number of aryl methyl sites for hydroxylation is 1. The number of pyridine rings is 1. The molecular formula is C22H23N5OS. The molecule has 1 aliphatic heterocycles. The summed E-state index contributed by atoms with van der Waals surface area (Å²) in [5.74, 6) is 0.0379. The minimum atomic E-state index is 0.0355. The van der Waals surface area contributed by atoms with E-state index in [-0.39, 0.29) is 18.0 Å². The van der Waals surface area contributed by atoms with E-state index in [9.17, 15) is 4.79 Å². The summed E-state index contributed by atoms with van der Waals surface area (Å²) >= 11 is 1.69. The average Bonchev–Trinajstić information content (AvgIpc) is 3.43. The van der Waals surface area contributed by atoms with Crippen LogP contribution < -0.4 is 0 Å². The molecule has 4 heterocycles. The lowest BCUT2D eigenvalue weighted by Gasteiger charge is -2.23. The fourth-order valence-corrected chi connectivity index (χ4v) is 5.23. The summed E-state index contributed by atoms with van der Waals surface area (Å²) in [6.45, 7) is 6.82. The van der Waals surface area contributed by atoms with Gasteiger partial charge in [-0.2, -0.15) is 5.10 Å². The first-order valence-corrected chi connectivity index (χ1v) is 10.9. The second-order valence-electron chi connectivity index (χ2n) is 7.89. The van der Waals surface area contributed by atoms with Crippen molar-refractivity contribution in [2.45, 2.75) is 45.7 Å². The van der Waals surface area contributed by atoms with Crippen LogP contribution >= 0.6 is 11.3 Å². The first-order valence-electron chi connectivity index (χ1n) is 10.0. The Kier molecular flexibility index (Phi) is 4.35. The average molecular weight is 406 g/mol. The molecule has 6 nitrogen and oxygen atoms in total. The van der Waals surface area contributed by atoms with E-state index >= 15 is 0 Å². The number of hydrogen-bond acceptors (Lipinski definition) is 5. The minimum absolute atomic E-state index is 0.0355. The van der Waals surface area contributed by atoms with Crippen LogP contribution in [0, 0.1) is 6.92 Å². The maximum atomic E-state index is 13.5. The van der Waals surface area contributed by atoms with Crippen LogP contribution in [0.4, 0.5) is 0 Å². The Bertz CT molecular complexity index is 1190. The molecule has 5 rings (SSSR count). The van der Waals surface area contributed by atoms with E-state index in [1.54, 1.807) is 17.5 Å². The molecule has 1 unspecified atom stereocenters. The van der Waals surface area contributed by atoms with Crippen LogP contribution in [0.1, 0.15) is 59.8 Å². The molecule has 1 aliphatic rings. The molecule has 1 fully saturated rings. The zero-order valence-corrected chi connectivity index (χ0v) is 17.6. The minimum Gasteiger partial charge on any atom is -0.329 e. The number of aromatic nitrogens is 4. The predicted octanol–water partition coefficient (Wildman–Crippen LogP) is 4.91. The first-order chi connectivity index (χ1) is 14.0. The van der Waals surface area contributed by atoms with E-state index in [1.807, 2.05) is 40.8 Å². The van der Waals surface area contributed by atoms with Gasteiger partial charge in [0, 0.05) is 18.0 Å². The summed E-state index contributed by atoms with van der Waals surface area (Å²) in [6.07, 6.45) is 3.74. The van der Waals surface area contributed by atoms with Crippen molar-refractivity contribution in [2.24, 2.45) is 0 Å². The maximum absolute atomic E-state index is 13.5. The van der Waals surface area contributed by atoms with E-state index in [1.165, 1.54) is 4.70 Å². The molecule has 0 radical (unpaired) electrons. The molecule has 148 valence electrons. The van der Waals surface area contributed by atoms with Crippen LogP contribution in [0.3, 0.4) is 0 Å². The Morgan fingerprint density at radius 2 is 2.07 bits per heavy atom. The van der Waals surface area contributed by atoms with Crippen LogP contribution in [-0.2, 0) is 0 Å². The molecule has 7 heteroatoms. The van der Waals surface area contributed by atoms with Crippen molar-refractivity contribution in [2.75, 3.05) is 6.54 Å². The fraction of sp³-hybridized carbons (Fsp3) is 0.364. The SMILES string of the molecule is Cc1nc2c(cnn2C(C)C)cc1C(=O)N1CCCC1c1nc2ccccc2s1. The van der Waals surface area contributed by atoms with E-state index in [2.05, 4.69) is 25.0 Å². The molecule has 0 N–H and O–H groups in total. The summed E-state index contributed by atoms with van der Waals surface area (Å²) in [7, 11) is 0. The molecule has 0 saturated carbocycles. The van der Waals surface area contributed by atoms with Crippen LogP contribution in [0.25, 0.3) is 21.3 Å². The van der Waals surface area contributed by atoms with Crippen molar-refractivity contribution in [1.29, 1.82) is 0 Å². The van der Waals surface area contributed by atoms with Gasteiger partial charge in [-0.1, -0.05) is 12.1 Å². The second-order valence-corrected chi connectivity index (χ2v) is 8.96. The number of benzene rings is 1. The van der Waals surface area contributed by atoms with E-state index in [4.69, 9.17) is 9.97 Å². The lowest BCUT2D eigenvalue weighted by Crippen LogP contribution is -2.31. The van der Waals surface area contributed by atoms with Crippen molar-refractivity contribution in [1.82, 2.24) is 24.6 Å². The van der Waals surface area contributed by atoms with Gasteiger partial charge in [-0.25, -0.2) is 14.6 Å². The fourth-order valence-electron chi connectivity index (χ4n) is 4.11. The highest BCUT2D eigenvalue weighted by Crippen LogP contribution is 2.37. The largest absolute Gasteiger partial charge is 0.329 e. The number of fused-ring (bicyclic) bond motifs is 2. The molecule has 1 amide bonds.